The standard InChI is InChI=1S/C17H34N2/c1-12(2)15-6-7-17(18-5)16(9-15)11-19-10-13(3)8-14(19)4/h12-18H,6-11H2,1-5H3. The summed E-state index contributed by atoms with van der Waals surface area (Å²) in [7, 11) is 2.16. The largest absolute Gasteiger partial charge is 0.317 e. The van der Waals surface area contributed by atoms with Crippen molar-refractivity contribution < 1.29 is 0 Å². The van der Waals surface area contributed by atoms with Crippen LogP contribution in [0.3, 0.4) is 0 Å². The predicted octanol–water partition coefficient (Wildman–Crippen LogP) is 3.38. The molecule has 0 spiro atoms. The van der Waals surface area contributed by atoms with Crippen molar-refractivity contribution in [3.05, 3.63) is 0 Å². The topological polar surface area (TPSA) is 15.3 Å². The molecule has 0 radical (unpaired) electrons. The molecule has 2 heteroatoms. The molecule has 1 saturated heterocycles. The van der Waals surface area contributed by atoms with E-state index in [4.69, 9.17) is 0 Å². The minimum Gasteiger partial charge on any atom is -0.317 e. The van der Waals surface area contributed by atoms with Gasteiger partial charge in [0.15, 0.2) is 0 Å². The van der Waals surface area contributed by atoms with E-state index in [0.717, 1.165) is 35.8 Å². The third-order valence-corrected chi connectivity index (χ3v) is 5.72. The van der Waals surface area contributed by atoms with Gasteiger partial charge in [0.2, 0.25) is 0 Å². The van der Waals surface area contributed by atoms with Crippen LogP contribution >= 0.6 is 0 Å². The molecular formula is C17H34N2. The summed E-state index contributed by atoms with van der Waals surface area (Å²) in [5, 5.41) is 3.59. The SMILES string of the molecule is CNC1CCC(C(C)C)CC1CN1CC(C)CC1C. The van der Waals surface area contributed by atoms with Gasteiger partial charge in [0, 0.05) is 25.2 Å². The number of nitrogens with one attached hydrogen (secondary N) is 1. The van der Waals surface area contributed by atoms with Gasteiger partial charge in [-0.2, -0.15) is 0 Å². The Kier molecular flexibility index (Phi) is 5.30. The van der Waals surface area contributed by atoms with Gasteiger partial charge in [0.25, 0.3) is 0 Å². The molecule has 5 atom stereocenters. The average Bonchev–Trinajstić information content (AvgIpc) is 2.67. The third-order valence-electron chi connectivity index (χ3n) is 5.72. The van der Waals surface area contributed by atoms with Gasteiger partial charge in [0.1, 0.15) is 0 Å². The Labute approximate surface area is 120 Å². The van der Waals surface area contributed by atoms with Crippen LogP contribution in [-0.4, -0.2) is 37.1 Å². The molecule has 0 bridgehead atoms. The van der Waals surface area contributed by atoms with E-state index in [1.54, 1.807) is 0 Å². The molecule has 1 aliphatic carbocycles. The van der Waals surface area contributed by atoms with Crippen molar-refractivity contribution in [2.24, 2.45) is 23.7 Å². The molecule has 19 heavy (non-hydrogen) atoms. The first-order chi connectivity index (χ1) is 9.01. The van der Waals surface area contributed by atoms with Crippen LogP contribution in [0, 0.1) is 23.7 Å². The summed E-state index contributed by atoms with van der Waals surface area (Å²) in [4.78, 5) is 2.75. The lowest BCUT2D eigenvalue weighted by Gasteiger charge is -2.40. The minimum atomic E-state index is 0.748. The Bertz CT molecular complexity index is 276. The molecule has 1 saturated carbocycles. The van der Waals surface area contributed by atoms with E-state index in [0.29, 0.717) is 0 Å². The Hall–Kier alpha value is -0.0800. The molecule has 5 unspecified atom stereocenters. The molecule has 112 valence electrons. The number of hydrogen-bond donors (Lipinski definition) is 1. The highest BCUT2D eigenvalue weighted by Gasteiger charge is 2.35. The number of rotatable bonds is 4. The van der Waals surface area contributed by atoms with Crippen molar-refractivity contribution in [2.75, 3.05) is 20.1 Å². The Morgan fingerprint density at radius 1 is 1.16 bits per heavy atom. The molecule has 2 aliphatic rings. The third kappa shape index (κ3) is 3.72. The van der Waals surface area contributed by atoms with Gasteiger partial charge in [-0.25, -0.2) is 0 Å². The molecule has 2 nitrogen and oxygen atoms in total. The summed E-state index contributed by atoms with van der Waals surface area (Å²) < 4.78 is 0. The first kappa shape index (κ1) is 15.3. The maximum absolute atomic E-state index is 3.59. The molecule has 2 fully saturated rings. The van der Waals surface area contributed by atoms with Crippen LogP contribution in [0.1, 0.15) is 53.4 Å². The molecule has 0 aromatic carbocycles. The minimum absolute atomic E-state index is 0.748. The summed E-state index contributed by atoms with van der Waals surface area (Å²) in [6, 6.07) is 1.55. The van der Waals surface area contributed by atoms with Crippen LogP contribution < -0.4 is 5.32 Å². The number of hydrogen-bond acceptors (Lipinski definition) is 2. The van der Waals surface area contributed by atoms with Gasteiger partial charge in [-0.1, -0.05) is 20.8 Å². The molecule has 1 N–H and O–H groups in total. The molecule has 0 amide bonds. The van der Waals surface area contributed by atoms with E-state index < -0.39 is 0 Å². The van der Waals surface area contributed by atoms with Gasteiger partial charge >= 0.3 is 0 Å². The van der Waals surface area contributed by atoms with Crippen molar-refractivity contribution in [1.29, 1.82) is 0 Å². The normalized spacial score (nSPS) is 41.1. The Morgan fingerprint density at radius 3 is 2.42 bits per heavy atom. The zero-order chi connectivity index (χ0) is 14.0. The van der Waals surface area contributed by atoms with Crippen molar-refractivity contribution in [3.63, 3.8) is 0 Å². The molecule has 1 heterocycles. The van der Waals surface area contributed by atoms with Gasteiger partial charge in [-0.3, -0.25) is 0 Å². The smallest absolute Gasteiger partial charge is 0.0105 e. The van der Waals surface area contributed by atoms with Crippen LogP contribution in [0.5, 0.6) is 0 Å². The zero-order valence-corrected chi connectivity index (χ0v) is 13.7. The second kappa shape index (κ2) is 6.58. The van der Waals surface area contributed by atoms with E-state index in [2.05, 4.69) is 45.0 Å². The second-order valence-corrected chi connectivity index (χ2v) is 7.62. The van der Waals surface area contributed by atoms with Gasteiger partial charge in [-0.15, -0.1) is 0 Å². The lowest BCUT2D eigenvalue weighted by molar-refractivity contribution is 0.121. The van der Waals surface area contributed by atoms with E-state index in [-0.39, 0.29) is 0 Å². The predicted molar refractivity (Wildman–Crippen MR) is 83.3 cm³/mol. The summed E-state index contributed by atoms with van der Waals surface area (Å²) in [6.45, 7) is 12.3. The fourth-order valence-electron chi connectivity index (χ4n) is 4.43. The van der Waals surface area contributed by atoms with Crippen molar-refractivity contribution in [3.8, 4) is 0 Å². The quantitative estimate of drug-likeness (QED) is 0.839. The molecule has 0 aromatic heterocycles. The molecule has 1 aliphatic heterocycles. The highest BCUT2D eigenvalue weighted by atomic mass is 15.2. The lowest BCUT2D eigenvalue weighted by Crippen LogP contribution is -2.46. The van der Waals surface area contributed by atoms with E-state index in [1.807, 2.05) is 0 Å². The number of likely N-dealkylation sites (tertiary alicyclic amines) is 1. The number of nitrogens with zero attached hydrogens (tertiary/aromatic N) is 1. The van der Waals surface area contributed by atoms with Crippen molar-refractivity contribution >= 4 is 0 Å². The van der Waals surface area contributed by atoms with Crippen LogP contribution in [0.25, 0.3) is 0 Å². The Morgan fingerprint density at radius 2 is 1.89 bits per heavy atom. The zero-order valence-electron chi connectivity index (χ0n) is 13.7. The van der Waals surface area contributed by atoms with Crippen LogP contribution in [0.4, 0.5) is 0 Å². The molecule has 2 rings (SSSR count). The van der Waals surface area contributed by atoms with Gasteiger partial charge in [-0.05, 0) is 63.3 Å². The lowest BCUT2D eigenvalue weighted by atomic mass is 9.73. The van der Waals surface area contributed by atoms with E-state index >= 15 is 0 Å². The summed E-state index contributed by atoms with van der Waals surface area (Å²) in [5.74, 6) is 3.56. The van der Waals surface area contributed by atoms with Crippen LogP contribution in [0.15, 0.2) is 0 Å². The molecular weight excluding hydrogens is 232 g/mol. The highest BCUT2D eigenvalue weighted by Crippen LogP contribution is 2.35. The fourth-order valence-corrected chi connectivity index (χ4v) is 4.43. The highest BCUT2D eigenvalue weighted by molar-refractivity contribution is 4.90. The summed E-state index contributed by atoms with van der Waals surface area (Å²) in [5.41, 5.74) is 0. The summed E-state index contributed by atoms with van der Waals surface area (Å²) >= 11 is 0. The first-order valence-electron chi connectivity index (χ1n) is 8.42. The van der Waals surface area contributed by atoms with E-state index in [1.165, 1.54) is 38.8 Å². The van der Waals surface area contributed by atoms with Gasteiger partial charge in [0.05, 0.1) is 0 Å². The van der Waals surface area contributed by atoms with Gasteiger partial charge < -0.3 is 10.2 Å². The maximum Gasteiger partial charge on any atom is 0.0105 e. The monoisotopic (exact) mass is 266 g/mol. The van der Waals surface area contributed by atoms with Crippen LogP contribution in [0.2, 0.25) is 0 Å². The maximum atomic E-state index is 3.59. The first-order valence-corrected chi connectivity index (χ1v) is 8.42. The Balaban J connectivity index is 1.94. The second-order valence-electron chi connectivity index (χ2n) is 7.62. The fraction of sp³-hybridized carbons (Fsp3) is 1.00. The van der Waals surface area contributed by atoms with Crippen molar-refractivity contribution in [1.82, 2.24) is 10.2 Å². The van der Waals surface area contributed by atoms with Crippen LogP contribution in [-0.2, 0) is 0 Å². The average molecular weight is 266 g/mol. The molecule has 0 aromatic rings. The van der Waals surface area contributed by atoms with E-state index in [9.17, 15) is 0 Å². The summed E-state index contributed by atoms with van der Waals surface area (Å²) in [6.07, 6.45) is 5.62. The van der Waals surface area contributed by atoms with Crippen molar-refractivity contribution in [2.45, 2.75) is 65.5 Å².